The number of nitrogens with two attached hydrogens (primary N) is 1. The van der Waals surface area contributed by atoms with Crippen LogP contribution in [0.15, 0.2) is 24.3 Å². The highest BCUT2D eigenvalue weighted by atomic mass is 16.6. The van der Waals surface area contributed by atoms with Gasteiger partial charge in [0.05, 0.1) is 0 Å². The maximum atomic E-state index is 11.4. The van der Waals surface area contributed by atoms with Crippen molar-refractivity contribution in [1.82, 2.24) is 5.32 Å². The molecule has 0 bridgehead atoms. The average molecular weight is 278 g/mol. The first kappa shape index (κ1) is 16.0. The van der Waals surface area contributed by atoms with Gasteiger partial charge in [-0.25, -0.2) is 4.79 Å². The Bertz CT molecular complexity index is 461. The molecule has 0 unspecified atom stereocenters. The lowest BCUT2D eigenvalue weighted by atomic mass is 10.1. The van der Waals surface area contributed by atoms with Crippen molar-refractivity contribution in [3.8, 4) is 0 Å². The standard InChI is InChI=1S/C15H22N2O3/c1-15(2,3)20-14(19)17-10-4-5-11-6-8-12(9-7-11)13(16)18/h6-9H,4-5,10H2,1-3H3,(H2,16,18)(H,17,19). The van der Waals surface area contributed by atoms with Crippen LogP contribution in [0.5, 0.6) is 0 Å². The van der Waals surface area contributed by atoms with E-state index in [4.69, 9.17) is 10.5 Å². The molecule has 0 radical (unpaired) electrons. The maximum Gasteiger partial charge on any atom is 0.407 e. The van der Waals surface area contributed by atoms with E-state index in [-0.39, 0.29) is 0 Å². The molecule has 0 fully saturated rings. The molecule has 1 aromatic carbocycles. The van der Waals surface area contributed by atoms with Crippen LogP contribution < -0.4 is 11.1 Å². The molecule has 1 aromatic rings. The van der Waals surface area contributed by atoms with Crippen molar-refractivity contribution in [1.29, 1.82) is 0 Å². The number of hydrogen-bond donors (Lipinski definition) is 2. The van der Waals surface area contributed by atoms with Crippen LogP contribution in [0.3, 0.4) is 0 Å². The van der Waals surface area contributed by atoms with Gasteiger partial charge in [0.1, 0.15) is 5.60 Å². The van der Waals surface area contributed by atoms with Gasteiger partial charge in [0.15, 0.2) is 0 Å². The van der Waals surface area contributed by atoms with E-state index in [1.54, 1.807) is 12.1 Å². The predicted octanol–water partition coefficient (Wildman–Crippen LogP) is 2.24. The van der Waals surface area contributed by atoms with Crippen LogP contribution >= 0.6 is 0 Å². The van der Waals surface area contributed by atoms with Gasteiger partial charge in [0, 0.05) is 12.1 Å². The molecule has 0 spiro atoms. The second-order valence-corrected chi connectivity index (χ2v) is 5.59. The Hall–Kier alpha value is -2.04. The van der Waals surface area contributed by atoms with Gasteiger partial charge in [0.25, 0.3) is 0 Å². The number of ether oxygens (including phenoxy) is 1. The summed E-state index contributed by atoms with van der Waals surface area (Å²) >= 11 is 0. The number of carbonyl (C=O) groups is 2. The summed E-state index contributed by atoms with van der Waals surface area (Å²) in [5, 5.41) is 2.70. The Kier molecular flexibility index (Phi) is 5.55. The lowest BCUT2D eigenvalue weighted by molar-refractivity contribution is 0.0527. The SMILES string of the molecule is CC(C)(C)OC(=O)NCCCc1ccc(C(N)=O)cc1. The quantitative estimate of drug-likeness (QED) is 0.810. The lowest BCUT2D eigenvalue weighted by Crippen LogP contribution is -2.33. The predicted molar refractivity (Wildman–Crippen MR) is 77.5 cm³/mol. The van der Waals surface area contributed by atoms with Gasteiger partial charge in [0.2, 0.25) is 5.91 Å². The van der Waals surface area contributed by atoms with Crippen LogP contribution in [-0.4, -0.2) is 24.1 Å². The zero-order valence-corrected chi connectivity index (χ0v) is 12.2. The minimum atomic E-state index is -0.478. The molecule has 0 heterocycles. The first-order valence-electron chi connectivity index (χ1n) is 6.63. The summed E-state index contributed by atoms with van der Waals surface area (Å²) in [6, 6.07) is 7.15. The number of aryl methyl sites for hydroxylation is 1. The molecule has 0 aliphatic rings. The molecule has 5 nitrogen and oxygen atoms in total. The Morgan fingerprint density at radius 2 is 1.80 bits per heavy atom. The van der Waals surface area contributed by atoms with E-state index >= 15 is 0 Å². The number of hydrogen-bond acceptors (Lipinski definition) is 3. The smallest absolute Gasteiger partial charge is 0.407 e. The van der Waals surface area contributed by atoms with E-state index in [0.717, 1.165) is 18.4 Å². The molecule has 0 aliphatic heterocycles. The van der Waals surface area contributed by atoms with Crippen LogP contribution in [-0.2, 0) is 11.2 Å². The van der Waals surface area contributed by atoms with Crippen LogP contribution in [0.2, 0.25) is 0 Å². The van der Waals surface area contributed by atoms with Gasteiger partial charge in [-0.3, -0.25) is 4.79 Å². The van der Waals surface area contributed by atoms with Gasteiger partial charge < -0.3 is 15.8 Å². The normalized spacial score (nSPS) is 10.9. The van der Waals surface area contributed by atoms with Crippen LogP contribution in [0.1, 0.15) is 43.1 Å². The van der Waals surface area contributed by atoms with E-state index in [9.17, 15) is 9.59 Å². The molecule has 20 heavy (non-hydrogen) atoms. The summed E-state index contributed by atoms with van der Waals surface area (Å²) in [4.78, 5) is 22.3. The van der Waals surface area contributed by atoms with Crippen molar-refractivity contribution in [3.05, 3.63) is 35.4 Å². The number of amides is 2. The van der Waals surface area contributed by atoms with Crippen molar-refractivity contribution >= 4 is 12.0 Å². The molecule has 0 aliphatic carbocycles. The highest BCUT2D eigenvalue weighted by molar-refractivity contribution is 5.92. The summed E-state index contributed by atoms with van der Waals surface area (Å²) in [5.74, 6) is -0.428. The summed E-state index contributed by atoms with van der Waals surface area (Å²) in [7, 11) is 0. The van der Waals surface area contributed by atoms with Crippen LogP contribution in [0, 0.1) is 0 Å². The van der Waals surface area contributed by atoms with Crippen molar-refractivity contribution < 1.29 is 14.3 Å². The highest BCUT2D eigenvalue weighted by Gasteiger charge is 2.15. The maximum absolute atomic E-state index is 11.4. The number of benzene rings is 1. The molecule has 3 N–H and O–H groups in total. The second kappa shape index (κ2) is 6.93. The van der Waals surface area contributed by atoms with Crippen molar-refractivity contribution in [2.24, 2.45) is 5.73 Å². The van der Waals surface area contributed by atoms with E-state index in [1.807, 2.05) is 32.9 Å². The number of primary amides is 1. The van der Waals surface area contributed by atoms with Crippen molar-refractivity contribution in [2.45, 2.75) is 39.2 Å². The Balaban J connectivity index is 2.27. The van der Waals surface area contributed by atoms with E-state index in [2.05, 4.69) is 5.32 Å². The molecule has 0 aromatic heterocycles. The Morgan fingerprint density at radius 3 is 2.30 bits per heavy atom. The molecule has 110 valence electrons. The van der Waals surface area contributed by atoms with E-state index in [0.29, 0.717) is 12.1 Å². The zero-order chi connectivity index (χ0) is 15.2. The summed E-state index contributed by atoms with van der Waals surface area (Å²) in [6.45, 7) is 6.03. The number of carbonyl (C=O) groups excluding carboxylic acids is 2. The second-order valence-electron chi connectivity index (χ2n) is 5.59. The molecule has 5 heteroatoms. The molecule has 1 rings (SSSR count). The molecule has 2 amide bonds. The summed E-state index contributed by atoms with van der Waals surface area (Å²) in [6.07, 6.45) is 1.21. The number of nitrogens with one attached hydrogen (secondary N) is 1. The average Bonchev–Trinajstić information content (AvgIpc) is 2.33. The third kappa shape index (κ3) is 6.22. The first-order chi connectivity index (χ1) is 9.28. The highest BCUT2D eigenvalue weighted by Crippen LogP contribution is 2.07. The lowest BCUT2D eigenvalue weighted by Gasteiger charge is -2.19. The van der Waals surface area contributed by atoms with Gasteiger partial charge in [-0.05, 0) is 51.3 Å². The van der Waals surface area contributed by atoms with Gasteiger partial charge in [-0.2, -0.15) is 0 Å². The summed E-state index contributed by atoms with van der Waals surface area (Å²) in [5.41, 5.74) is 6.29. The number of rotatable bonds is 5. The van der Waals surface area contributed by atoms with Gasteiger partial charge in [-0.15, -0.1) is 0 Å². The van der Waals surface area contributed by atoms with E-state index in [1.165, 1.54) is 0 Å². The third-order valence-corrected chi connectivity index (χ3v) is 2.55. The molecule has 0 saturated heterocycles. The van der Waals surface area contributed by atoms with Crippen molar-refractivity contribution in [2.75, 3.05) is 6.54 Å². The van der Waals surface area contributed by atoms with E-state index < -0.39 is 17.6 Å². The minimum Gasteiger partial charge on any atom is -0.444 e. The molecule has 0 saturated carbocycles. The number of alkyl carbamates (subject to hydrolysis) is 1. The Morgan fingerprint density at radius 1 is 1.20 bits per heavy atom. The minimum absolute atomic E-state index is 0.401. The summed E-state index contributed by atoms with van der Waals surface area (Å²) < 4.78 is 5.13. The van der Waals surface area contributed by atoms with Crippen LogP contribution in [0.25, 0.3) is 0 Å². The van der Waals surface area contributed by atoms with Crippen molar-refractivity contribution in [3.63, 3.8) is 0 Å². The fraction of sp³-hybridized carbons (Fsp3) is 0.467. The molecular formula is C15H22N2O3. The van der Waals surface area contributed by atoms with Gasteiger partial charge >= 0.3 is 6.09 Å². The monoisotopic (exact) mass is 278 g/mol. The van der Waals surface area contributed by atoms with Gasteiger partial charge in [-0.1, -0.05) is 12.1 Å². The fourth-order valence-corrected chi connectivity index (χ4v) is 1.63. The largest absolute Gasteiger partial charge is 0.444 e. The molecular weight excluding hydrogens is 256 g/mol. The zero-order valence-electron chi connectivity index (χ0n) is 12.2. The first-order valence-corrected chi connectivity index (χ1v) is 6.63. The topological polar surface area (TPSA) is 81.4 Å². The fourth-order valence-electron chi connectivity index (χ4n) is 1.63. The third-order valence-electron chi connectivity index (χ3n) is 2.55. The Labute approximate surface area is 119 Å². The molecule has 0 atom stereocenters. The van der Waals surface area contributed by atoms with Crippen LogP contribution in [0.4, 0.5) is 4.79 Å².